The predicted octanol–water partition coefficient (Wildman–Crippen LogP) is 4.01. The van der Waals surface area contributed by atoms with Crippen molar-refractivity contribution >= 4 is 0 Å². The Labute approximate surface area is 134 Å². The Kier molecular flexibility index (Phi) is 6.69. The summed E-state index contributed by atoms with van der Waals surface area (Å²) < 4.78 is 1.99. The van der Waals surface area contributed by atoms with Gasteiger partial charge in [0.2, 0.25) is 0 Å². The Morgan fingerprint density at radius 2 is 2.00 bits per heavy atom. The maximum absolute atomic E-state index is 12.9. The molecular weight excluding hydrogens is 274 g/mol. The molecule has 1 saturated carbocycles. The van der Waals surface area contributed by atoms with Gasteiger partial charge >= 0.3 is 0 Å². The minimum absolute atomic E-state index is 0.190. The molecule has 1 fully saturated rings. The van der Waals surface area contributed by atoms with Crippen LogP contribution in [-0.2, 0) is 13.0 Å². The zero-order valence-corrected chi connectivity index (χ0v) is 14.2. The second-order valence-electron chi connectivity index (χ2n) is 6.71. The molecule has 0 aliphatic heterocycles. The van der Waals surface area contributed by atoms with Crippen molar-refractivity contribution < 1.29 is 5.11 Å². The van der Waals surface area contributed by atoms with Crippen LogP contribution in [0.25, 0.3) is 0 Å². The maximum Gasteiger partial charge on any atom is 0.254 e. The number of aliphatic hydroxyl groups excluding tert-OH is 1. The number of pyridine rings is 1. The van der Waals surface area contributed by atoms with E-state index in [-0.39, 0.29) is 17.6 Å². The van der Waals surface area contributed by atoms with Gasteiger partial charge in [-0.15, -0.1) is 0 Å². The summed E-state index contributed by atoms with van der Waals surface area (Å²) in [7, 11) is 0. The van der Waals surface area contributed by atoms with Crippen LogP contribution in [0.5, 0.6) is 0 Å². The van der Waals surface area contributed by atoms with Crippen molar-refractivity contribution in [3.8, 4) is 0 Å². The van der Waals surface area contributed by atoms with Gasteiger partial charge in [-0.3, -0.25) is 4.79 Å². The summed E-state index contributed by atoms with van der Waals surface area (Å²) in [6, 6.07) is 4.20. The van der Waals surface area contributed by atoms with Gasteiger partial charge in [-0.05, 0) is 50.5 Å². The van der Waals surface area contributed by atoms with E-state index in [9.17, 15) is 9.90 Å². The summed E-state index contributed by atoms with van der Waals surface area (Å²) in [5, 5.41) is 9.89. The minimum Gasteiger partial charge on any atom is -0.393 e. The van der Waals surface area contributed by atoms with Crippen molar-refractivity contribution in [3.05, 3.63) is 33.7 Å². The molecule has 124 valence electrons. The van der Waals surface area contributed by atoms with Crippen molar-refractivity contribution in [1.82, 2.24) is 4.57 Å². The van der Waals surface area contributed by atoms with Crippen LogP contribution in [0.2, 0.25) is 0 Å². The van der Waals surface area contributed by atoms with Crippen molar-refractivity contribution in [2.24, 2.45) is 0 Å². The molecule has 1 heterocycles. The van der Waals surface area contributed by atoms with Gasteiger partial charge in [-0.25, -0.2) is 0 Å². The molecule has 0 bridgehead atoms. The SMILES string of the molecule is CCCCCc1ccc([C@H]2CCC[C@H](O)C2)c(=O)n1CCC. The van der Waals surface area contributed by atoms with Gasteiger partial charge in [0.1, 0.15) is 0 Å². The first-order chi connectivity index (χ1) is 10.7. The largest absolute Gasteiger partial charge is 0.393 e. The molecule has 0 unspecified atom stereocenters. The number of aromatic nitrogens is 1. The molecule has 3 heteroatoms. The highest BCUT2D eigenvalue weighted by atomic mass is 16.3. The second-order valence-corrected chi connectivity index (χ2v) is 6.71. The fraction of sp³-hybridized carbons (Fsp3) is 0.737. The average molecular weight is 305 g/mol. The number of hydrogen-bond acceptors (Lipinski definition) is 2. The highest BCUT2D eigenvalue weighted by Gasteiger charge is 2.24. The predicted molar refractivity (Wildman–Crippen MR) is 91.4 cm³/mol. The van der Waals surface area contributed by atoms with Crippen molar-refractivity contribution in [3.63, 3.8) is 0 Å². The van der Waals surface area contributed by atoms with Crippen molar-refractivity contribution in [2.75, 3.05) is 0 Å². The van der Waals surface area contributed by atoms with Gasteiger partial charge in [-0.1, -0.05) is 39.2 Å². The second kappa shape index (κ2) is 8.52. The Morgan fingerprint density at radius 3 is 2.68 bits per heavy atom. The quantitative estimate of drug-likeness (QED) is 0.773. The van der Waals surface area contributed by atoms with Crippen molar-refractivity contribution in [2.45, 2.75) is 90.2 Å². The fourth-order valence-corrected chi connectivity index (χ4v) is 3.63. The lowest BCUT2D eigenvalue weighted by Gasteiger charge is -2.26. The third-order valence-corrected chi connectivity index (χ3v) is 4.86. The summed E-state index contributed by atoms with van der Waals surface area (Å²) >= 11 is 0. The van der Waals surface area contributed by atoms with E-state index in [1.807, 2.05) is 10.6 Å². The van der Waals surface area contributed by atoms with Gasteiger partial charge in [0, 0.05) is 17.8 Å². The highest BCUT2D eigenvalue weighted by molar-refractivity contribution is 5.21. The normalized spacial score (nSPS) is 22.0. The van der Waals surface area contributed by atoms with E-state index < -0.39 is 0 Å². The summed E-state index contributed by atoms with van der Waals surface area (Å²) in [5.41, 5.74) is 2.29. The molecule has 0 saturated heterocycles. The summed E-state index contributed by atoms with van der Waals surface area (Å²) in [5.74, 6) is 0.240. The van der Waals surface area contributed by atoms with Crippen LogP contribution in [0.15, 0.2) is 16.9 Å². The fourth-order valence-electron chi connectivity index (χ4n) is 3.63. The zero-order valence-electron chi connectivity index (χ0n) is 14.2. The van der Waals surface area contributed by atoms with E-state index in [4.69, 9.17) is 0 Å². The molecule has 2 atom stereocenters. The Balaban J connectivity index is 2.25. The molecule has 22 heavy (non-hydrogen) atoms. The number of aryl methyl sites for hydroxylation is 1. The van der Waals surface area contributed by atoms with E-state index >= 15 is 0 Å². The molecular formula is C19H31NO2. The van der Waals surface area contributed by atoms with E-state index in [2.05, 4.69) is 19.9 Å². The molecule has 0 spiro atoms. The molecule has 3 nitrogen and oxygen atoms in total. The van der Waals surface area contributed by atoms with E-state index in [0.29, 0.717) is 0 Å². The topological polar surface area (TPSA) is 42.2 Å². The summed E-state index contributed by atoms with van der Waals surface area (Å²) in [6.45, 7) is 5.14. The smallest absolute Gasteiger partial charge is 0.254 e. The standard InChI is InChI=1S/C19H31NO2/c1-3-5-6-9-16-11-12-18(19(22)20(16)13-4-2)15-8-7-10-17(21)14-15/h11-12,15,17,21H,3-10,13-14H2,1-2H3/t15-,17-/m0/s1. The van der Waals surface area contributed by atoms with Crippen LogP contribution in [0.3, 0.4) is 0 Å². The molecule has 0 aromatic carbocycles. The van der Waals surface area contributed by atoms with E-state index in [1.165, 1.54) is 18.5 Å². The highest BCUT2D eigenvalue weighted by Crippen LogP contribution is 2.31. The Hall–Kier alpha value is -1.09. The third kappa shape index (κ3) is 4.22. The van der Waals surface area contributed by atoms with Crippen LogP contribution in [0, 0.1) is 0 Å². The lowest BCUT2D eigenvalue weighted by atomic mass is 9.83. The van der Waals surface area contributed by atoms with Crippen LogP contribution >= 0.6 is 0 Å². The minimum atomic E-state index is -0.234. The number of rotatable bonds is 7. The Morgan fingerprint density at radius 1 is 1.18 bits per heavy atom. The lowest BCUT2D eigenvalue weighted by Crippen LogP contribution is -2.30. The lowest BCUT2D eigenvalue weighted by molar-refractivity contribution is 0.119. The van der Waals surface area contributed by atoms with Crippen LogP contribution in [-0.4, -0.2) is 15.8 Å². The summed E-state index contributed by atoms with van der Waals surface area (Å²) in [4.78, 5) is 12.9. The number of hydrogen-bond donors (Lipinski definition) is 1. The summed E-state index contributed by atoms with van der Waals surface area (Å²) in [6.07, 6.45) is 9.01. The van der Waals surface area contributed by atoms with E-state index in [0.717, 1.165) is 57.1 Å². The van der Waals surface area contributed by atoms with Crippen LogP contribution in [0.1, 0.15) is 82.4 Å². The number of nitrogens with zero attached hydrogens (tertiary/aromatic N) is 1. The average Bonchev–Trinajstić information content (AvgIpc) is 2.51. The van der Waals surface area contributed by atoms with Gasteiger partial charge in [0.15, 0.2) is 0 Å². The molecule has 1 N–H and O–H groups in total. The van der Waals surface area contributed by atoms with Gasteiger partial charge in [0.05, 0.1) is 6.10 Å². The first kappa shape index (κ1) is 17.3. The molecule has 2 rings (SSSR count). The molecule has 1 aliphatic carbocycles. The first-order valence-corrected chi connectivity index (χ1v) is 9.08. The van der Waals surface area contributed by atoms with Crippen LogP contribution < -0.4 is 5.56 Å². The number of unbranched alkanes of at least 4 members (excludes halogenated alkanes) is 2. The molecule has 1 aliphatic rings. The molecule has 0 radical (unpaired) electrons. The van der Waals surface area contributed by atoms with Gasteiger partial charge in [0.25, 0.3) is 5.56 Å². The van der Waals surface area contributed by atoms with E-state index in [1.54, 1.807) is 0 Å². The third-order valence-electron chi connectivity index (χ3n) is 4.86. The van der Waals surface area contributed by atoms with Gasteiger partial charge in [-0.2, -0.15) is 0 Å². The van der Waals surface area contributed by atoms with Crippen molar-refractivity contribution in [1.29, 1.82) is 0 Å². The molecule has 0 amide bonds. The molecule has 1 aromatic rings. The maximum atomic E-state index is 12.9. The van der Waals surface area contributed by atoms with Gasteiger partial charge < -0.3 is 9.67 Å². The first-order valence-electron chi connectivity index (χ1n) is 9.08. The number of aliphatic hydroxyl groups is 1. The molecule has 1 aromatic heterocycles. The van der Waals surface area contributed by atoms with Crippen LogP contribution in [0.4, 0.5) is 0 Å². The monoisotopic (exact) mass is 305 g/mol. The zero-order chi connectivity index (χ0) is 15.9. The Bertz CT molecular complexity index is 521.